The maximum atomic E-state index is 13.1. The van der Waals surface area contributed by atoms with Gasteiger partial charge in [-0.15, -0.1) is 0 Å². The smallest absolute Gasteiger partial charge is 0.303 e. The number of nitrogens with zero attached hydrogens (tertiary/aromatic N) is 2. The first-order valence-electron chi connectivity index (χ1n) is 5.76. The molecule has 2 aromatic rings. The van der Waals surface area contributed by atoms with Gasteiger partial charge in [-0.05, 0) is 17.7 Å². The first-order valence-corrected chi connectivity index (χ1v) is 6.88. The average molecular weight is 333 g/mol. The summed E-state index contributed by atoms with van der Waals surface area (Å²) in [5, 5.41) is 0.390. The fourth-order valence-corrected chi connectivity index (χ4v) is 2.27. The Kier molecular flexibility index (Phi) is 3.99. The van der Waals surface area contributed by atoms with Crippen LogP contribution in [0.3, 0.4) is 0 Å². The standard InChI is InChI=1S/C13H12BrF3N2/c1-2-12-18-5-6-19(12)11-4-3-9(8-14)7-10(11)13(15,16)17/h3-7H,2,8H2,1H3. The van der Waals surface area contributed by atoms with Gasteiger partial charge in [0.25, 0.3) is 0 Å². The molecule has 2 rings (SSSR count). The van der Waals surface area contributed by atoms with Crippen molar-refractivity contribution in [1.82, 2.24) is 9.55 Å². The molecule has 0 saturated heterocycles. The summed E-state index contributed by atoms with van der Waals surface area (Å²) in [6.07, 6.45) is -0.748. The second kappa shape index (κ2) is 5.36. The highest BCUT2D eigenvalue weighted by atomic mass is 79.9. The van der Waals surface area contributed by atoms with Crippen molar-refractivity contribution >= 4 is 15.9 Å². The van der Waals surface area contributed by atoms with E-state index in [1.165, 1.54) is 22.9 Å². The Hall–Kier alpha value is -1.30. The minimum Gasteiger partial charge on any atom is -0.303 e. The molecule has 0 saturated carbocycles. The summed E-state index contributed by atoms with van der Waals surface area (Å²) >= 11 is 3.17. The normalized spacial score (nSPS) is 11.8. The number of hydrogen-bond acceptors (Lipinski definition) is 1. The number of benzene rings is 1. The summed E-state index contributed by atoms with van der Waals surface area (Å²) in [5.74, 6) is 0.608. The van der Waals surface area contributed by atoms with Crippen LogP contribution in [0.1, 0.15) is 23.9 Å². The third-order valence-corrected chi connectivity index (χ3v) is 3.46. The molecule has 1 aromatic carbocycles. The number of alkyl halides is 4. The molecule has 0 atom stereocenters. The number of hydrogen-bond donors (Lipinski definition) is 0. The van der Waals surface area contributed by atoms with Crippen molar-refractivity contribution in [2.75, 3.05) is 0 Å². The van der Waals surface area contributed by atoms with E-state index in [1.54, 1.807) is 12.3 Å². The number of aryl methyl sites for hydroxylation is 1. The molecule has 0 bridgehead atoms. The zero-order valence-electron chi connectivity index (χ0n) is 10.2. The largest absolute Gasteiger partial charge is 0.418 e. The van der Waals surface area contributed by atoms with Gasteiger partial charge < -0.3 is 4.57 Å². The third kappa shape index (κ3) is 2.83. The van der Waals surface area contributed by atoms with Crippen molar-refractivity contribution in [3.63, 3.8) is 0 Å². The zero-order chi connectivity index (χ0) is 14.0. The molecular formula is C13H12BrF3N2. The number of aromatic nitrogens is 2. The molecule has 6 heteroatoms. The number of imidazole rings is 1. The average Bonchev–Trinajstić information content (AvgIpc) is 2.85. The molecular weight excluding hydrogens is 321 g/mol. The molecule has 0 N–H and O–H groups in total. The van der Waals surface area contributed by atoms with E-state index in [9.17, 15) is 13.2 Å². The van der Waals surface area contributed by atoms with Crippen molar-refractivity contribution < 1.29 is 13.2 Å². The van der Waals surface area contributed by atoms with Gasteiger partial charge in [0.1, 0.15) is 5.82 Å². The topological polar surface area (TPSA) is 17.8 Å². The molecule has 0 unspecified atom stereocenters. The lowest BCUT2D eigenvalue weighted by Gasteiger charge is -2.16. The first-order chi connectivity index (χ1) is 8.97. The van der Waals surface area contributed by atoms with Crippen LogP contribution in [0.2, 0.25) is 0 Å². The highest BCUT2D eigenvalue weighted by Gasteiger charge is 2.34. The molecule has 0 aliphatic heterocycles. The van der Waals surface area contributed by atoms with Crippen molar-refractivity contribution in [2.45, 2.75) is 24.9 Å². The quantitative estimate of drug-likeness (QED) is 0.764. The Morgan fingerprint density at radius 1 is 1.32 bits per heavy atom. The van der Waals surface area contributed by atoms with Gasteiger partial charge in [-0.1, -0.05) is 28.9 Å². The Bertz CT molecular complexity index is 576. The van der Waals surface area contributed by atoms with Crippen molar-refractivity contribution in [3.8, 4) is 5.69 Å². The van der Waals surface area contributed by atoms with E-state index in [-0.39, 0.29) is 5.69 Å². The van der Waals surface area contributed by atoms with E-state index < -0.39 is 11.7 Å². The summed E-state index contributed by atoms with van der Waals surface area (Å²) in [7, 11) is 0. The van der Waals surface area contributed by atoms with Crippen molar-refractivity contribution in [1.29, 1.82) is 0 Å². The summed E-state index contributed by atoms with van der Waals surface area (Å²) in [6.45, 7) is 1.86. The fourth-order valence-electron chi connectivity index (χ4n) is 1.92. The van der Waals surface area contributed by atoms with E-state index >= 15 is 0 Å². The van der Waals surface area contributed by atoms with Gasteiger partial charge in [-0.3, -0.25) is 0 Å². The Morgan fingerprint density at radius 3 is 2.63 bits per heavy atom. The van der Waals surface area contributed by atoms with Gasteiger partial charge in [0, 0.05) is 24.1 Å². The lowest BCUT2D eigenvalue weighted by Crippen LogP contribution is -2.12. The second-order valence-corrected chi connectivity index (χ2v) is 4.61. The van der Waals surface area contributed by atoms with E-state index in [4.69, 9.17) is 0 Å². The van der Waals surface area contributed by atoms with E-state index in [2.05, 4.69) is 20.9 Å². The Balaban J connectivity index is 2.63. The van der Waals surface area contributed by atoms with Gasteiger partial charge >= 0.3 is 6.18 Å². The van der Waals surface area contributed by atoms with Crippen LogP contribution in [0, 0.1) is 0 Å². The number of halogens is 4. The van der Waals surface area contributed by atoms with E-state index in [0.717, 1.165) is 0 Å². The van der Waals surface area contributed by atoms with Crippen LogP contribution >= 0.6 is 15.9 Å². The monoisotopic (exact) mass is 332 g/mol. The van der Waals surface area contributed by atoms with Crippen molar-refractivity contribution in [2.24, 2.45) is 0 Å². The zero-order valence-corrected chi connectivity index (χ0v) is 11.8. The Labute approximate surface area is 117 Å². The van der Waals surface area contributed by atoms with Crippen LogP contribution in [-0.2, 0) is 17.9 Å². The van der Waals surface area contributed by atoms with Crippen LogP contribution < -0.4 is 0 Å². The fraction of sp³-hybridized carbons (Fsp3) is 0.308. The first kappa shape index (κ1) is 14.1. The predicted molar refractivity (Wildman–Crippen MR) is 70.6 cm³/mol. The molecule has 1 aromatic heterocycles. The lowest BCUT2D eigenvalue weighted by molar-refractivity contribution is -0.137. The molecule has 0 amide bonds. The predicted octanol–water partition coefficient (Wildman–Crippen LogP) is 4.35. The maximum Gasteiger partial charge on any atom is 0.418 e. The van der Waals surface area contributed by atoms with Gasteiger partial charge in [-0.2, -0.15) is 13.2 Å². The van der Waals surface area contributed by atoms with Crippen LogP contribution in [0.25, 0.3) is 5.69 Å². The molecule has 0 fully saturated rings. The van der Waals surface area contributed by atoms with Crippen molar-refractivity contribution in [3.05, 3.63) is 47.5 Å². The van der Waals surface area contributed by atoms with Crippen LogP contribution in [-0.4, -0.2) is 9.55 Å². The second-order valence-electron chi connectivity index (χ2n) is 4.05. The van der Waals surface area contributed by atoms with Crippen LogP contribution in [0.15, 0.2) is 30.6 Å². The van der Waals surface area contributed by atoms with E-state index in [0.29, 0.717) is 23.1 Å². The molecule has 0 radical (unpaired) electrons. The molecule has 1 heterocycles. The molecule has 2 nitrogen and oxygen atoms in total. The molecule has 0 aliphatic carbocycles. The highest BCUT2D eigenvalue weighted by molar-refractivity contribution is 9.08. The lowest BCUT2D eigenvalue weighted by atomic mass is 10.1. The Morgan fingerprint density at radius 2 is 2.05 bits per heavy atom. The summed E-state index contributed by atoms with van der Waals surface area (Å²) < 4.78 is 40.9. The summed E-state index contributed by atoms with van der Waals surface area (Å²) in [5.41, 5.74) is 0.0675. The van der Waals surface area contributed by atoms with E-state index in [1.807, 2.05) is 6.92 Å². The van der Waals surface area contributed by atoms with Crippen LogP contribution in [0.4, 0.5) is 13.2 Å². The molecule has 0 spiro atoms. The summed E-state index contributed by atoms with van der Waals surface area (Å²) in [6, 6.07) is 4.34. The highest BCUT2D eigenvalue weighted by Crippen LogP contribution is 2.35. The summed E-state index contributed by atoms with van der Waals surface area (Å²) in [4.78, 5) is 4.06. The minimum atomic E-state index is -4.39. The molecule has 102 valence electrons. The van der Waals surface area contributed by atoms with Gasteiger partial charge in [0.15, 0.2) is 0 Å². The maximum absolute atomic E-state index is 13.1. The van der Waals surface area contributed by atoms with Gasteiger partial charge in [-0.25, -0.2) is 4.98 Å². The van der Waals surface area contributed by atoms with Gasteiger partial charge in [0.2, 0.25) is 0 Å². The third-order valence-electron chi connectivity index (χ3n) is 2.81. The number of rotatable bonds is 3. The minimum absolute atomic E-state index is 0.117. The van der Waals surface area contributed by atoms with Crippen LogP contribution in [0.5, 0.6) is 0 Å². The molecule has 19 heavy (non-hydrogen) atoms. The SMILES string of the molecule is CCc1nccn1-c1ccc(CBr)cc1C(F)(F)F. The molecule has 0 aliphatic rings. The van der Waals surface area contributed by atoms with Gasteiger partial charge in [0.05, 0.1) is 11.3 Å².